The van der Waals surface area contributed by atoms with Gasteiger partial charge in [-0.2, -0.15) is 0 Å². The minimum atomic E-state index is 0.0647. The Bertz CT molecular complexity index is 962. The van der Waals surface area contributed by atoms with Gasteiger partial charge in [-0.15, -0.1) is 11.3 Å². The average molecular weight is 452 g/mol. The Morgan fingerprint density at radius 1 is 1.22 bits per heavy atom. The van der Waals surface area contributed by atoms with Gasteiger partial charge < -0.3 is 9.64 Å². The summed E-state index contributed by atoms with van der Waals surface area (Å²) in [7, 11) is 0. The number of allylic oxidation sites excluding steroid dienone is 4. The molecule has 0 radical (unpaired) electrons. The van der Waals surface area contributed by atoms with E-state index in [1.807, 2.05) is 36.6 Å². The van der Waals surface area contributed by atoms with Crippen LogP contribution in [-0.4, -0.2) is 30.0 Å². The zero-order valence-corrected chi connectivity index (χ0v) is 21.0. The summed E-state index contributed by atoms with van der Waals surface area (Å²) in [4.78, 5) is 16.7. The van der Waals surface area contributed by atoms with Gasteiger partial charge in [0.15, 0.2) is 0 Å². The third kappa shape index (κ3) is 4.71. The molecule has 172 valence electrons. The van der Waals surface area contributed by atoms with Crippen molar-refractivity contribution in [1.29, 1.82) is 0 Å². The van der Waals surface area contributed by atoms with Crippen molar-refractivity contribution >= 4 is 28.9 Å². The molecule has 32 heavy (non-hydrogen) atoms. The van der Waals surface area contributed by atoms with Crippen molar-refractivity contribution in [2.24, 2.45) is 23.7 Å². The summed E-state index contributed by atoms with van der Waals surface area (Å²) in [6.45, 7) is 24.7. The highest BCUT2D eigenvalue weighted by Gasteiger charge is 2.43. The van der Waals surface area contributed by atoms with Crippen LogP contribution in [0.2, 0.25) is 0 Å². The number of carbonyl (C=O) groups is 1. The van der Waals surface area contributed by atoms with Crippen LogP contribution in [-0.2, 0) is 9.53 Å². The second-order valence-corrected chi connectivity index (χ2v) is 10.5. The normalized spacial score (nSPS) is 26.3. The summed E-state index contributed by atoms with van der Waals surface area (Å²) in [6.07, 6.45) is 6.56. The Morgan fingerprint density at radius 2 is 1.91 bits per heavy atom. The fraction of sp³-hybridized carbons (Fsp3) is 0.464. The molecule has 4 heteroatoms. The molecule has 0 aliphatic carbocycles. The fourth-order valence-corrected chi connectivity index (χ4v) is 5.83. The average Bonchev–Trinajstić information content (AvgIpc) is 3.20. The van der Waals surface area contributed by atoms with Gasteiger partial charge in [0.2, 0.25) is 0 Å². The number of hydrogen-bond donors (Lipinski definition) is 0. The predicted octanol–water partition coefficient (Wildman–Crippen LogP) is 6.97. The molecule has 0 N–H and O–H groups in total. The summed E-state index contributed by atoms with van der Waals surface area (Å²) in [6, 6.07) is 2.13. The number of amides is 1. The van der Waals surface area contributed by atoms with E-state index in [0.717, 1.165) is 34.6 Å². The van der Waals surface area contributed by atoms with Crippen LogP contribution < -0.4 is 0 Å². The fourth-order valence-electron chi connectivity index (χ4n) is 5.06. The van der Waals surface area contributed by atoms with Crippen molar-refractivity contribution in [2.75, 3.05) is 13.2 Å². The molecule has 2 fully saturated rings. The molecule has 2 aliphatic rings. The molecule has 3 nitrogen and oxygen atoms in total. The van der Waals surface area contributed by atoms with E-state index in [1.54, 1.807) is 11.3 Å². The highest BCUT2D eigenvalue weighted by Crippen LogP contribution is 2.40. The highest BCUT2D eigenvalue weighted by atomic mass is 32.1. The van der Waals surface area contributed by atoms with Gasteiger partial charge in [-0.05, 0) is 71.2 Å². The van der Waals surface area contributed by atoms with Crippen LogP contribution in [0.25, 0.3) is 11.6 Å². The Balaban J connectivity index is 1.89. The van der Waals surface area contributed by atoms with Crippen molar-refractivity contribution in [3.63, 3.8) is 0 Å². The monoisotopic (exact) mass is 451 g/mol. The van der Waals surface area contributed by atoms with Crippen molar-refractivity contribution in [3.8, 4) is 0 Å². The molecule has 1 aromatic heterocycles. The number of fused-ring (bicyclic) bond motifs is 1. The second kappa shape index (κ2) is 10.1. The molecule has 3 unspecified atom stereocenters. The standard InChI is InChI=1S/C28H37NO2S/c1-9-22-26(13-19(7)20(8)23-11-12-32-27(23)10-2)31-16-21-14-24(17(3)4)25(18(5)6)15-29(21)28(22)30/h9-13,17-18,21,24-25H,2,7-8,14-16H2,1,3-6H3/b22-9+,26-13+. The Morgan fingerprint density at radius 3 is 2.50 bits per heavy atom. The molecule has 0 spiro atoms. The molecule has 0 aromatic carbocycles. The third-order valence-electron chi connectivity index (χ3n) is 7.03. The first-order valence-electron chi connectivity index (χ1n) is 11.6. The van der Waals surface area contributed by atoms with E-state index in [1.165, 1.54) is 0 Å². The number of piperidine rings is 1. The third-order valence-corrected chi connectivity index (χ3v) is 7.94. The molecule has 2 aliphatic heterocycles. The summed E-state index contributed by atoms with van der Waals surface area (Å²) in [5, 5.41) is 2.02. The van der Waals surface area contributed by atoms with Gasteiger partial charge in [0.05, 0.1) is 11.6 Å². The maximum absolute atomic E-state index is 13.6. The molecule has 1 amide bonds. The highest BCUT2D eigenvalue weighted by molar-refractivity contribution is 7.11. The van der Waals surface area contributed by atoms with Crippen LogP contribution in [0.5, 0.6) is 0 Å². The van der Waals surface area contributed by atoms with E-state index in [0.29, 0.717) is 41.6 Å². The van der Waals surface area contributed by atoms with Crippen LogP contribution in [0.3, 0.4) is 0 Å². The lowest BCUT2D eigenvalue weighted by molar-refractivity contribution is -0.134. The van der Waals surface area contributed by atoms with Gasteiger partial charge in [0.1, 0.15) is 12.4 Å². The lowest BCUT2D eigenvalue weighted by Gasteiger charge is -2.46. The quantitative estimate of drug-likeness (QED) is 0.345. The second-order valence-electron chi connectivity index (χ2n) is 9.59. The maximum Gasteiger partial charge on any atom is 0.257 e. The van der Waals surface area contributed by atoms with Crippen molar-refractivity contribution in [3.05, 3.63) is 70.7 Å². The molecule has 3 atom stereocenters. The Labute approximate surface area is 197 Å². The van der Waals surface area contributed by atoms with Gasteiger partial charge in [-0.1, -0.05) is 59.6 Å². The molecular formula is C28H37NO2S. The van der Waals surface area contributed by atoms with Gasteiger partial charge in [0, 0.05) is 11.4 Å². The number of ether oxygens (including phenoxy) is 1. The van der Waals surface area contributed by atoms with Crippen LogP contribution >= 0.6 is 11.3 Å². The molecule has 0 bridgehead atoms. The topological polar surface area (TPSA) is 29.5 Å². The first-order valence-corrected chi connectivity index (χ1v) is 12.5. The minimum Gasteiger partial charge on any atom is -0.491 e. The minimum absolute atomic E-state index is 0.0647. The molecule has 0 saturated carbocycles. The lowest BCUT2D eigenvalue weighted by Crippen LogP contribution is -2.53. The van der Waals surface area contributed by atoms with Crippen LogP contribution in [0.15, 0.2) is 60.2 Å². The molecular weight excluding hydrogens is 414 g/mol. The summed E-state index contributed by atoms with van der Waals surface area (Å²) in [5.74, 6) is 2.89. The van der Waals surface area contributed by atoms with E-state index in [2.05, 4.69) is 52.3 Å². The molecule has 3 rings (SSSR count). The zero-order valence-electron chi connectivity index (χ0n) is 20.2. The van der Waals surface area contributed by atoms with Gasteiger partial charge in [0.25, 0.3) is 5.91 Å². The van der Waals surface area contributed by atoms with Gasteiger partial charge in [-0.3, -0.25) is 4.79 Å². The SMILES string of the molecule is C=Cc1sccc1C(=C)C(=C)/C=C1/OCC2CC(C(C)C)C(C(C)C)CN2C(=O)/C1=C/C. The zero-order chi connectivity index (χ0) is 23.6. The van der Waals surface area contributed by atoms with Crippen LogP contribution in [0.1, 0.15) is 51.5 Å². The Hall–Kier alpha value is -2.33. The summed E-state index contributed by atoms with van der Waals surface area (Å²) >= 11 is 1.62. The lowest BCUT2D eigenvalue weighted by atomic mass is 9.71. The van der Waals surface area contributed by atoms with Crippen LogP contribution in [0.4, 0.5) is 0 Å². The maximum atomic E-state index is 13.6. The first kappa shape index (κ1) is 24.3. The van der Waals surface area contributed by atoms with Crippen molar-refractivity contribution in [1.82, 2.24) is 4.90 Å². The van der Waals surface area contributed by atoms with Crippen LogP contribution in [0, 0.1) is 23.7 Å². The molecule has 3 heterocycles. The Kier molecular flexibility index (Phi) is 7.66. The van der Waals surface area contributed by atoms with E-state index >= 15 is 0 Å². The largest absolute Gasteiger partial charge is 0.491 e. The van der Waals surface area contributed by atoms with Crippen molar-refractivity contribution < 1.29 is 9.53 Å². The van der Waals surface area contributed by atoms with E-state index < -0.39 is 0 Å². The van der Waals surface area contributed by atoms with Gasteiger partial charge in [-0.25, -0.2) is 0 Å². The number of nitrogens with zero attached hydrogens (tertiary/aromatic N) is 1. The molecule has 2 saturated heterocycles. The van der Waals surface area contributed by atoms with Crippen molar-refractivity contribution in [2.45, 2.75) is 47.1 Å². The van der Waals surface area contributed by atoms with E-state index in [9.17, 15) is 4.79 Å². The summed E-state index contributed by atoms with van der Waals surface area (Å²) in [5.41, 5.74) is 3.20. The first-order chi connectivity index (χ1) is 15.2. The smallest absolute Gasteiger partial charge is 0.257 e. The van der Waals surface area contributed by atoms with Gasteiger partial charge >= 0.3 is 0 Å². The number of hydrogen-bond acceptors (Lipinski definition) is 3. The number of carbonyl (C=O) groups excluding carboxylic acids is 1. The molecule has 1 aromatic rings. The van der Waals surface area contributed by atoms with E-state index in [-0.39, 0.29) is 11.9 Å². The number of rotatable bonds is 6. The van der Waals surface area contributed by atoms with E-state index in [4.69, 9.17) is 4.74 Å². The predicted molar refractivity (Wildman–Crippen MR) is 137 cm³/mol. The number of thiophene rings is 1. The summed E-state index contributed by atoms with van der Waals surface area (Å²) < 4.78 is 6.28.